The first-order valence-electron chi connectivity index (χ1n) is 5.78. The van der Waals surface area contributed by atoms with E-state index in [9.17, 15) is 0 Å². The first kappa shape index (κ1) is 11.8. The van der Waals surface area contributed by atoms with E-state index in [2.05, 4.69) is 45.3 Å². The summed E-state index contributed by atoms with van der Waals surface area (Å²) >= 11 is 1.79. The molecule has 16 heavy (non-hydrogen) atoms. The Hall–Kier alpha value is -0.670. The highest BCUT2D eigenvalue weighted by Gasteiger charge is 2.20. The quantitative estimate of drug-likeness (QED) is 0.826. The third-order valence-corrected chi connectivity index (χ3v) is 3.84. The molecule has 0 amide bonds. The summed E-state index contributed by atoms with van der Waals surface area (Å²) in [5, 5.41) is 0. The third-order valence-electron chi connectivity index (χ3n) is 2.87. The van der Waals surface area contributed by atoms with E-state index in [1.54, 1.807) is 11.8 Å². The summed E-state index contributed by atoms with van der Waals surface area (Å²) in [4.78, 5) is 6.61. The fourth-order valence-electron chi connectivity index (χ4n) is 2.15. The Labute approximate surface area is 102 Å². The van der Waals surface area contributed by atoms with Crippen molar-refractivity contribution in [2.75, 3.05) is 11.4 Å². The summed E-state index contributed by atoms with van der Waals surface area (Å²) in [7, 11) is 0. The maximum absolute atomic E-state index is 5.24. The van der Waals surface area contributed by atoms with Gasteiger partial charge in [-0.3, -0.25) is 10.3 Å². The number of benzene rings is 1. The summed E-state index contributed by atoms with van der Waals surface area (Å²) < 4.78 is 0. The van der Waals surface area contributed by atoms with Crippen LogP contribution in [0.25, 0.3) is 0 Å². The minimum absolute atomic E-state index is 0.555. The Morgan fingerprint density at radius 3 is 2.56 bits per heavy atom. The fourth-order valence-corrected chi connectivity index (χ4v) is 3.16. The highest BCUT2D eigenvalue weighted by molar-refractivity contribution is 7.99. The number of anilines is 1. The van der Waals surface area contributed by atoms with Gasteiger partial charge in [0.05, 0.1) is 5.69 Å². The molecule has 2 nitrogen and oxygen atoms in total. The van der Waals surface area contributed by atoms with E-state index < -0.39 is 0 Å². The van der Waals surface area contributed by atoms with Crippen LogP contribution in [-0.2, 0) is 4.84 Å². The van der Waals surface area contributed by atoms with Crippen molar-refractivity contribution in [1.29, 1.82) is 0 Å². The summed E-state index contributed by atoms with van der Waals surface area (Å²) in [5.74, 6) is 1.82. The molecule has 0 saturated heterocycles. The van der Waals surface area contributed by atoms with Gasteiger partial charge in [-0.05, 0) is 29.0 Å². The number of thioether (sulfide) groups is 1. The molecule has 0 bridgehead atoms. The zero-order chi connectivity index (χ0) is 11.7. The average molecular weight is 237 g/mol. The predicted molar refractivity (Wildman–Crippen MR) is 70.1 cm³/mol. The molecule has 0 fully saturated rings. The average Bonchev–Trinajstić information content (AvgIpc) is 2.27. The number of fused-ring (bicyclic) bond motifs is 1. The molecule has 2 rings (SSSR count). The lowest BCUT2D eigenvalue weighted by molar-refractivity contribution is 0.247. The highest BCUT2D eigenvalue weighted by Crippen LogP contribution is 2.41. The van der Waals surface area contributed by atoms with Crippen molar-refractivity contribution in [3.05, 3.63) is 23.3 Å². The van der Waals surface area contributed by atoms with Crippen LogP contribution in [0, 0.1) is 0 Å². The summed E-state index contributed by atoms with van der Waals surface area (Å²) in [6, 6.07) is 4.35. The van der Waals surface area contributed by atoms with Gasteiger partial charge < -0.3 is 0 Å². The van der Waals surface area contributed by atoms with Crippen LogP contribution in [-0.4, -0.2) is 5.94 Å². The van der Waals surface area contributed by atoms with E-state index in [4.69, 9.17) is 4.84 Å². The van der Waals surface area contributed by atoms with Crippen LogP contribution in [0.5, 0.6) is 0 Å². The van der Waals surface area contributed by atoms with Gasteiger partial charge in [0.1, 0.15) is 5.94 Å². The molecule has 1 aromatic carbocycles. The van der Waals surface area contributed by atoms with Crippen LogP contribution in [0.2, 0.25) is 0 Å². The van der Waals surface area contributed by atoms with Gasteiger partial charge in [0.15, 0.2) is 0 Å². The smallest absolute Gasteiger partial charge is 0.125 e. The molecular formula is C13H19NOS. The molecule has 1 aromatic rings. The number of nitrogens with one attached hydrogen (secondary N) is 1. The maximum atomic E-state index is 5.24. The molecule has 88 valence electrons. The standard InChI is InChI=1S/C13H19NOS/c1-8(2)10-5-6-11-13(12(10)9(3)4)16-7-15-14-11/h5-6,8-9,14H,7H2,1-4H3. The Bertz CT molecular complexity index is 388. The predicted octanol–water partition coefficient (Wildman–Crippen LogP) is 4.34. The van der Waals surface area contributed by atoms with Gasteiger partial charge in [0, 0.05) is 4.90 Å². The lowest BCUT2D eigenvalue weighted by atomic mass is 9.90. The van der Waals surface area contributed by atoms with Crippen LogP contribution in [0.4, 0.5) is 5.69 Å². The van der Waals surface area contributed by atoms with Gasteiger partial charge in [-0.15, -0.1) is 0 Å². The van der Waals surface area contributed by atoms with Gasteiger partial charge in [-0.25, -0.2) is 0 Å². The van der Waals surface area contributed by atoms with Crippen molar-refractivity contribution in [3.63, 3.8) is 0 Å². The highest BCUT2D eigenvalue weighted by atomic mass is 32.2. The lowest BCUT2D eigenvalue weighted by Gasteiger charge is -2.25. The van der Waals surface area contributed by atoms with Crippen LogP contribution in [0.3, 0.4) is 0 Å². The molecule has 0 aromatic heterocycles. The molecule has 1 heterocycles. The van der Waals surface area contributed by atoms with Crippen molar-refractivity contribution < 1.29 is 4.84 Å². The molecule has 1 aliphatic heterocycles. The molecule has 3 heteroatoms. The van der Waals surface area contributed by atoms with Crippen LogP contribution < -0.4 is 5.48 Å². The molecule has 0 spiro atoms. The van der Waals surface area contributed by atoms with Crippen molar-refractivity contribution in [3.8, 4) is 0 Å². The molecule has 0 atom stereocenters. The molecular weight excluding hydrogens is 218 g/mol. The summed E-state index contributed by atoms with van der Waals surface area (Å²) in [5.41, 5.74) is 7.06. The molecule has 1 N–H and O–H groups in total. The second-order valence-corrected chi connectivity index (χ2v) is 5.70. The van der Waals surface area contributed by atoms with Crippen LogP contribution in [0.15, 0.2) is 17.0 Å². The molecule has 0 saturated carbocycles. The second-order valence-electron chi connectivity index (χ2n) is 4.76. The Morgan fingerprint density at radius 1 is 1.19 bits per heavy atom. The number of hydrogen-bond acceptors (Lipinski definition) is 3. The molecule has 1 aliphatic rings. The van der Waals surface area contributed by atoms with Crippen molar-refractivity contribution >= 4 is 17.4 Å². The maximum Gasteiger partial charge on any atom is 0.125 e. The molecule has 0 aliphatic carbocycles. The van der Waals surface area contributed by atoms with E-state index in [0.29, 0.717) is 17.8 Å². The van der Waals surface area contributed by atoms with Crippen molar-refractivity contribution in [2.45, 2.75) is 44.4 Å². The minimum Gasteiger partial charge on any atom is -0.265 e. The fraction of sp³-hybridized carbons (Fsp3) is 0.538. The van der Waals surface area contributed by atoms with E-state index in [0.717, 1.165) is 5.69 Å². The first-order valence-corrected chi connectivity index (χ1v) is 6.77. The van der Waals surface area contributed by atoms with Gasteiger partial charge in [0.25, 0.3) is 0 Å². The van der Waals surface area contributed by atoms with Crippen molar-refractivity contribution in [2.24, 2.45) is 0 Å². The normalized spacial score (nSPS) is 15.1. The Kier molecular flexibility index (Phi) is 3.45. The largest absolute Gasteiger partial charge is 0.265 e. The van der Waals surface area contributed by atoms with Gasteiger partial charge in [-0.1, -0.05) is 45.5 Å². The first-order chi connectivity index (χ1) is 7.61. The number of hydrogen-bond donors (Lipinski definition) is 1. The summed E-state index contributed by atoms with van der Waals surface area (Å²) in [6.45, 7) is 9.03. The molecule has 0 unspecified atom stereocenters. The Balaban J connectivity index is 2.57. The third kappa shape index (κ3) is 2.06. The SMILES string of the molecule is CC(C)c1ccc2c(c1C(C)C)SCON2. The van der Waals surface area contributed by atoms with E-state index in [1.807, 2.05) is 0 Å². The molecule has 0 radical (unpaired) electrons. The monoisotopic (exact) mass is 237 g/mol. The van der Waals surface area contributed by atoms with E-state index in [1.165, 1.54) is 16.0 Å². The lowest BCUT2D eigenvalue weighted by Crippen LogP contribution is -2.11. The van der Waals surface area contributed by atoms with E-state index >= 15 is 0 Å². The van der Waals surface area contributed by atoms with Gasteiger partial charge in [0.2, 0.25) is 0 Å². The van der Waals surface area contributed by atoms with Crippen molar-refractivity contribution in [1.82, 2.24) is 0 Å². The zero-order valence-corrected chi connectivity index (χ0v) is 11.1. The van der Waals surface area contributed by atoms with Crippen LogP contribution in [0.1, 0.15) is 50.7 Å². The van der Waals surface area contributed by atoms with E-state index in [-0.39, 0.29) is 0 Å². The van der Waals surface area contributed by atoms with Gasteiger partial charge in [-0.2, -0.15) is 0 Å². The number of rotatable bonds is 2. The zero-order valence-electron chi connectivity index (χ0n) is 10.3. The van der Waals surface area contributed by atoms with Gasteiger partial charge >= 0.3 is 0 Å². The minimum atomic E-state index is 0.555. The van der Waals surface area contributed by atoms with Crippen LogP contribution >= 0.6 is 11.8 Å². The Morgan fingerprint density at radius 2 is 1.94 bits per heavy atom. The topological polar surface area (TPSA) is 21.3 Å². The summed E-state index contributed by atoms with van der Waals surface area (Å²) in [6.07, 6.45) is 0. The second kappa shape index (κ2) is 4.68.